The molecule has 122 valence electrons. The molecule has 0 atom stereocenters. The van der Waals surface area contributed by atoms with Gasteiger partial charge in [-0.25, -0.2) is 13.8 Å². The molecule has 0 saturated heterocycles. The Hall–Kier alpha value is -1.86. The number of para-hydroxylation sites is 1. The van der Waals surface area contributed by atoms with Gasteiger partial charge in [0.25, 0.3) is 0 Å². The van der Waals surface area contributed by atoms with Crippen molar-refractivity contribution in [3.05, 3.63) is 57.5 Å². The van der Waals surface area contributed by atoms with E-state index >= 15 is 0 Å². The summed E-state index contributed by atoms with van der Waals surface area (Å²) in [6.45, 7) is 0.0640. The number of nitrogens with one attached hydrogen (secondary N) is 1. The summed E-state index contributed by atoms with van der Waals surface area (Å²) in [6, 6.07) is 8.61. The normalized spacial score (nSPS) is 11.4. The standard InChI is InChI=1S/C15H14BrClF2N4/c1-23(13-6-5-9(18)7-11(13)17)15(20)22-8-21-14-10(16)3-2-4-12(14)19/h2-7,21H,8H2,1H3,(H2,20,22). The number of guanidine groups is 1. The first-order valence-corrected chi connectivity index (χ1v) is 7.74. The van der Waals surface area contributed by atoms with Gasteiger partial charge in [-0.15, -0.1) is 0 Å². The monoisotopic (exact) mass is 402 g/mol. The second-order valence-corrected chi connectivity index (χ2v) is 5.86. The second-order valence-electron chi connectivity index (χ2n) is 4.60. The third-order valence-corrected chi connectivity index (χ3v) is 4.04. The Kier molecular flexibility index (Phi) is 5.79. The quantitative estimate of drug-likeness (QED) is 0.594. The number of benzene rings is 2. The molecule has 0 amide bonds. The average Bonchev–Trinajstić information content (AvgIpc) is 2.49. The van der Waals surface area contributed by atoms with Crippen LogP contribution in [0, 0.1) is 11.6 Å². The van der Waals surface area contributed by atoms with Crippen molar-refractivity contribution < 1.29 is 8.78 Å². The molecular weight excluding hydrogens is 390 g/mol. The first-order valence-electron chi connectivity index (χ1n) is 6.56. The molecule has 0 bridgehead atoms. The Bertz CT molecular complexity index is 719. The van der Waals surface area contributed by atoms with E-state index in [1.807, 2.05) is 0 Å². The highest BCUT2D eigenvalue weighted by atomic mass is 79.9. The van der Waals surface area contributed by atoms with Gasteiger partial charge in [-0.05, 0) is 46.3 Å². The average molecular weight is 404 g/mol. The Morgan fingerprint density at radius 3 is 2.74 bits per heavy atom. The summed E-state index contributed by atoms with van der Waals surface area (Å²) < 4.78 is 27.3. The lowest BCUT2D eigenvalue weighted by Crippen LogP contribution is -2.34. The molecule has 0 spiro atoms. The fraction of sp³-hybridized carbons (Fsp3) is 0.133. The van der Waals surface area contributed by atoms with Crippen LogP contribution in [0.2, 0.25) is 5.02 Å². The van der Waals surface area contributed by atoms with Gasteiger partial charge in [0.15, 0.2) is 5.96 Å². The third-order valence-electron chi connectivity index (χ3n) is 3.07. The molecule has 4 nitrogen and oxygen atoms in total. The van der Waals surface area contributed by atoms with Crippen molar-refractivity contribution in [2.24, 2.45) is 10.7 Å². The number of aliphatic imine (C=N–C) groups is 1. The molecule has 0 saturated carbocycles. The van der Waals surface area contributed by atoms with Crippen molar-refractivity contribution in [2.75, 3.05) is 23.9 Å². The lowest BCUT2D eigenvalue weighted by atomic mass is 10.3. The van der Waals surface area contributed by atoms with Crippen molar-refractivity contribution in [1.29, 1.82) is 0 Å². The van der Waals surface area contributed by atoms with Crippen LogP contribution in [0.5, 0.6) is 0 Å². The molecule has 0 fully saturated rings. The zero-order chi connectivity index (χ0) is 17.0. The van der Waals surface area contributed by atoms with Crippen LogP contribution in [-0.4, -0.2) is 19.7 Å². The Labute approximate surface area is 146 Å². The minimum Gasteiger partial charge on any atom is -0.369 e. The summed E-state index contributed by atoms with van der Waals surface area (Å²) in [5, 5.41) is 3.05. The molecule has 2 aromatic rings. The summed E-state index contributed by atoms with van der Waals surface area (Å²) in [4.78, 5) is 5.62. The van der Waals surface area contributed by atoms with Crippen molar-refractivity contribution in [3.8, 4) is 0 Å². The lowest BCUT2D eigenvalue weighted by molar-refractivity contribution is 0.628. The van der Waals surface area contributed by atoms with Gasteiger partial charge < -0.3 is 16.0 Å². The summed E-state index contributed by atoms with van der Waals surface area (Å²) >= 11 is 9.23. The van der Waals surface area contributed by atoms with Crippen LogP contribution in [0.25, 0.3) is 0 Å². The molecule has 0 aliphatic heterocycles. The van der Waals surface area contributed by atoms with Crippen molar-refractivity contribution in [2.45, 2.75) is 0 Å². The molecular formula is C15H14BrClF2N4. The number of halogens is 4. The van der Waals surface area contributed by atoms with Crippen LogP contribution in [0.15, 0.2) is 45.9 Å². The maximum atomic E-state index is 13.7. The molecule has 23 heavy (non-hydrogen) atoms. The van der Waals surface area contributed by atoms with Gasteiger partial charge in [0.1, 0.15) is 18.3 Å². The fourth-order valence-corrected chi connectivity index (χ4v) is 2.63. The number of nitrogens with two attached hydrogens (primary N) is 1. The first-order chi connectivity index (χ1) is 10.9. The van der Waals surface area contributed by atoms with E-state index in [0.29, 0.717) is 15.8 Å². The van der Waals surface area contributed by atoms with Gasteiger partial charge in [0.05, 0.1) is 16.4 Å². The Morgan fingerprint density at radius 1 is 1.35 bits per heavy atom. The molecule has 0 aliphatic carbocycles. The minimum atomic E-state index is -0.436. The maximum Gasteiger partial charge on any atom is 0.197 e. The van der Waals surface area contributed by atoms with Gasteiger partial charge >= 0.3 is 0 Å². The zero-order valence-electron chi connectivity index (χ0n) is 12.2. The predicted octanol–water partition coefficient (Wildman–Crippen LogP) is 4.20. The number of hydrogen-bond donors (Lipinski definition) is 2. The number of rotatable bonds is 4. The Morgan fingerprint density at radius 2 is 2.09 bits per heavy atom. The van der Waals surface area contributed by atoms with Crippen molar-refractivity contribution in [3.63, 3.8) is 0 Å². The largest absolute Gasteiger partial charge is 0.369 e. The van der Waals surface area contributed by atoms with E-state index in [9.17, 15) is 8.78 Å². The first kappa shape index (κ1) is 17.5. The summed E-state index contributed by atoms with van der Waals surface area (Å²) in [7, 11) is 1.65. The fourth-order valence-electron chi connectivity index (χ4n) is 1.85. The van der Waals surface area contributed by atoms with E-state index < -0.39 is 11.6 Å². The third kappa shape index (κ3) is 4.33. The zero-order valence-corrected chi connectivity index (χ0v) is 14.5. The molecule has 0 heterocycles. The van der Waals surface area contributed by atoms with Gasteiger partial charge in [-0.3, -0.25) is 0 Å². The van der Waals surface area contributed by atoms with Gasteiger partial charge in [0, 0.05) is 11.5 Å². The topological polar surface area (TPSA) is 53.6 Å². The maximum absolute atomic E-state index is 13.7. The molecule has 0 aliphatic rings. The minimum absolute atomic E-state index is 0.0640. The smallest absolute Gasteiger partial charge is 0.197 e. The van der Waals surface area contributed by atoms with Gasteiger partial charge in [-0.1, -0.05) is 17.7 Å². The summed E-state index contributed by atoms with van der Waals surface area (Å²) in [5.41, 5.74) is 6.69. The van der Waals surface area contributed by atoms with Crippen LogP contribution in [0.1, 0.15) is 0 Å². The van der Waals surface area contributed by atoms with Crippen LogP contribution >= 0.6 is 27.5 Å². The van der Waals surface area contributed by atoms with Crippen LogP contribution in [-0.2, 0) is 0 Å². The van der Waals surface area contributed by atoms with E-state index in [-0.39, 0.29) is 17.7 Å². The summed E-state index contributed by atoms with van der Waals surface area (Å²) in [5.74, 6) is -0.685. The highest BCUT2D eigenvalue weighted by molar-refractivity contribution is 9.10. The molecule has 2 aromatic carbocycles. The van der Waals surface area contributed by atoms with E-state index in [4.69, 9.17) is 17.3 Å². The molecule has 0 radical (unpaired) electrons. The predicted molar refractivity (Wildman–Crippen MR) is 94.0 cm³/mol. The van der Waals surface area contributed by atoms with Crippen LogP contribution < -0.4 is 16.0 Å². The molecule has 0 unspecified atom stereocenters. The van der Waals surface area contributed by atoms with Crippen molar-refractivity contribution >= 4 is 44.9 Å². The highest BCUT2D eigenvalue weighted by Crippen LogP contribution is 2.26. The lowest BCUT2D eigenvalue weighted by Gasteiger charge is -2.19. The van der Waals surface area contributed by atoms with Crippen LogP contribution in [0.4, 0.5) is 20.2 Å². The van der Waals surface area contributed by atoms with E-state index in [1.54, 1.807) is 19.2 Å². The summed E-state index contributed by atoms with van der Waals surface area (Å²) in [6.07, 6.45) is 0. The van der Waals surface area contributed by atoms with Crippen LogP contribution in [0.3, 0.4) is 0 Å². The highest BCUT2D eigenvalue weighted by Gasteiger charge is 2.10. The number of anilines is 2. The van der Waals surface area contributed by atoms with E-state index in [0.717, 1.165) is 0 Å². The van der Waals surface area contributed by atoms with Crippen molar-refractivity contribution in [1.82, 2.24) is 0 Å². The van der Waals surface area contributed by atoms with E-state index in [1.165, 1.54) is 29.2 Å². The molecule has 0 aromatic heterocycles. The Balaban J connectivity index is 2.07. The van der Waals surface area contributed by atoms with Gasteiger partial charge in [-0.2, -0.15) is 0 Å². The van der Waals surface area contributed by atoms with E-state index in [2.05, 4.69) is 26.2 Å². The SMILES string of the molecule is CN(C(N)=NCNc1c(F)cccc1Br)c1ccc(F)cc1Cl. The number of hydrogen-bond acceptors (Lipinski definition) is 2. The second kappa shape index (κ2) is 7.61. The molecule has 3 N–H and O–H groups in total. The number of nitrogens with zero attached hydrogens (tertiary/aromatic N) is 2. The molecule has 8 heteroatoms. The van der Waals surface area contributed by atoms with Gasteiger partial charge in [0.2, 0.25) is 0 Å². The molecule has 2 rings (SSSR count).